The van der Waals surface area contributed by atoms with Crippen molar-refractivity contribution in [1.82, 2.24) is 10.3 Å². The number of rotatable bonds is 3. The van der Waals surface area contributed by atoms with Gasteiger partial charge < -0.3 is 11.1 Å². The number of nitrogens with zero attached hydrogens (tertiary/aromatic N) is 1. The number of amides is 2. The molecule has 1 aromatic heterocycles. The molecule has 92 valence electrons. The third kappa shape index (κ3) is 2.29. The number of hydrogen-bond acceptors (Lipinski definition) is 3. The molecule has 3 N–H and O–H groups in total. The van der Waals surface area contributed by atoms with Crippen LogP contribution in [-0.2, 0) is 4.79 Å². The van der Waals surface area contributed by atoms with E-state index < -0.39 is 11.9 Å². The second-order valence-electron chi connectivity index (χ2n) is 3.97. The molecule has 2 aromatic rings. The SMILES string of the molecule is C[C@H](NC(=O)c1cccc2ncccc12)C(N)=O. The maximum absolute atomic E-state index is 12.0. The van der Waals surface area contributed by atoms with Crippen LogP contribution in [0.4, 0.5) is 0 Å². The van der Waals surface area contributed by atoms with Crippen LogP contribution in [0.5, 0.6) is 0 Å². The third-order valence-electron chi connectivity index (χ3n) is 2.66. The molecule has 1 aromatic carbocycles. The fraction of sp³-hybridized carbons (Fsp3) is 0.154. The van der Waals surface area contributed by atoms with Gasteiger partial charge in [-0.3, -0.25) is 14.6 Å². The predicted molar refractivity (Wildman–Crippen MR) is 67.9 cm³/mol. The first-order chi connectivity index (χ1) is 8.59. The number of nitrogens with two attached hydrogens (primary N) is 1. The molecule has 5 heteroatoms. The summed E-state index contributed by atoms with van der Waals surface area (Å²) in [5.74, 6) is -0.901. The van der Waals surface area contributed by atoms with Crippen LogP contribution in [0.1, 0.15) is 17.3 Å². The number of carbonyl (C=O) groups excluding carboxylic acids is 2. The van der Waals surface area contributed by atoms with Crippen LogP contribution < -0.4 is 11.1 Å². The lowest BCUT2D eigenvalue weighted by Gasteiger charge is -2.11. The van der Waals surface area contributed by atoms with Crippen LogP contribution in [-0.4, -0.2) is 22.8 Å². The van der Waals surface area contributed by atoms with E-state index in [9.17, 15) is 9.59 Å². The van der Waals surface area contributed by atoms with E-state index in [0.717, 1.165) is 10.9 Å². The normalized spacial score (nSPS) is 12.1. The first-order valence-corrected chi connectivity index (χ1v) is 5.53. The highest BCUT2D eigenvalue weighted by Gasteiger charge is 2.15. The Kier molecular flexibility index (Phi) is 3.23. The Morgan fingerprint density at radius 1 is 1.28 bits per heavy atom. The van der Waals surface area contributed by atoms with Gasteiger partial charge in [-0.25, -0.2) is 0 Å². The van der Waals surface area contributed by atoms with E-state index in [1.165, 1.54) is 0 Å². The Bertz CT molecular complexity index is 605. The van der Waals surface area contributed by atoms with Gasteiger partial charge in [0.2, 0.25) is 5.91 Å². The molecular formula is C13H13N3O2. The molecule has 0 bridgehead atoms. The van der Waals surface area contributed by atoms with E-state index in [2.05, 4.69) is 10.3 Å². The van der Waals surface area contributed by atoms with Gasteiger partial charge in [0.05, 0.1) is 5.52 Å². The van der Waals surface area contributed by atoms with Crippen LogP contribution in [0.25, 0.3) is 10.9 Å². The number of primary amides is 1. The lowest BCUT2D eigenvalue weighted by Crippen LogP contribution is -2.42. The van der Waals surface area contributed by atoms with Crippen molar-refractivity contribution in [2.75, 3.05) is 0 Å². The Morgan fingerprint density at radius 2 is 2.06 bits per heavy atom. The van der Waals surface area contributed by atoms with Gasteiger partial charge in [0.25, 0.3) is 5.91 Å². The fourth-order valence-electron chi connectivity index (χ4n) is 1.65. The van der Waals surface area contributed by atoms with Crippen molar-refractivity contribution in [2.24, 2.45) is 5.73 Å². The van der Waals surface area contributed by atoms with Gasteiger partial charge in [-0.05, 0) is 25.1 Å². The van der Waals surface area contributed by atoms with Gasteiger partial charge >= 0.3 is 0 Å². The second kappa shape index (κ2) is 4.83. The first kappa shape index (κ1) is 12.0. The molecular weight excluding hydrogens is 230 g/mol. The summed E-state index contributed by atoms with van der Waals surface area (Å²) in [5.41, 5.74) is 6.32. The number of aromatic nitrogens is 1. The minimum absolute atomic E-state index is 0.333. The number of nitrogens with one attached hydrogen (secondary N) is 1. The van der Waals surface area contributed by atoms with Crippen molar-refractivity contribution in [3.8, 4) is 0 Å². The van der Waals surface area contributed by atoms with Crippen molar-refractivity contribution in [3.05, 3.63) is 42.1 Å². The quantitative estimate of drug-likeness (QED) is 0.837. The van der Waals surface area contributed by atoms with Crippen LogP contribution in [0.2, 0.25) is 0 Å². The summed E-state index contributed by atoms with van der Waals surface area (Å²) in [6, 6.07) is 8.13. The number of carbonyl (C=O) groups is 2. The summed E-state index contributed by atoms with van der Waals surface area (Å²) in [4.78, 5) is 27.1. The highest BCUT2D eigenvalue weighted by atomic mass is 16.2. The third-order valence-corrected chi connectivity index (χ3v) is 2.66. The van der Waals surface area contributed by atoms with E-state index in [-0.39, 0.29) is 5.91 Å². The molecule has 5 nitrogen and oxygen atoms in total. The standard InChI is InChI=1S/C13H13N3O2/c1-8(12(14)17)16-13(18)10-4-2-6-11-9(10)5-3-7-15-11/h2-8H,1H3,(H2,14,17)(H,16,18)/t8-/m0/s1. The predicted octanol–water partition coefficient (Wildman–Crippen LogP) is 0.838. The Morgan fingerprint density at radius 3 is 2.78 bits per heavy atom. The van der Waals surface area contributed by atoms with E-state index in [0.29, 0.717) is 5.56 Å². The summed E-state index contributed by atoms with van der Waals surface area (Å²) >= 11 is 0. The second-order valence-corrected chi connectivity index (χ2v) is 3.97. The molecule has 2 amide bonds. The summed E-state index contributed by atoms with van der Waals surface area (Å²) in [6.45, 7) is 1.55. The van der Waals surface area contributed by atoms with Gasteiger partial charge in [0.1, 0.15) is 6.04 Å². The highest BCUT2D eigenvalue weighted by Crippen LogP contribution is 2.16. The summed E-state index contributed by atoms with van der Waals surface area (Å²) < 4.78 is 0. The molecule has 0 unspecified atom stereocenters. The zero-order valence-electron chi connectivity index (χ0n) is 9.88. The average Bonchev–Trinajstić information content (AvgIpc) is 2.37. The molecule has 0 aliphatic carbocycles. The zero-order valence-corrected chi connectivity index (χ0v) is 9.88. The van der Waals surface area contributed by atoms with E-state index >= 15 is 0 Å². The Hall–Kier alpha value is -2.43. The number of benzene rings is 1. The molecule has 18 heavy (non-hydrogen) atoms. The molecule has 0 fully saturated rings. The van der Waals surface area contributed by atoms with E-state index in [4.69, 9.17) is 5.73 Å². The van der Waals surface area contributed by atoms with E-state index in [1.54, 1.807) is 31.3 Å². The van der Waals surface area contributed by atoms with Gasteiger partial charge in [-0.15, -0.1) is 0 Å². The molecule has 0 saturated heterocycles. The number of hydrogen-bond donors (Lipinski definition) is 2. The maximum atomic E-state index is 12.0. The zero-order chi connectivity index (χ0) is 13.1. The minimum atomic E-state index is -0.704. The van der Waals surface area contributed by atoms with Gasteiger partial charge in [0.15, 0.2) is 0 Å². The molecule has 0 spiro atoms. The average molecular weight is 243 g/mol. The smallest absolute Gasteiger partial charge is 0.252 e. The lowest BCUT2D eigenvalue weighted by atomic mass is 10.1. The molecule has 0 aliphatic heterocycles. The topological polar surface area (TPSA) is 85.1 Å². The summed E-state index contributed by atoms with van der Waals surface area (Å²) in [7, 11) is 0. The summed E-state index contributed by atoms with van der Waals surface area (Å²) in [6.07, 6.45) is 1.66. The van der Waals surface area contributed by atoms with E-state index in [1.807, 2.05) is 12.1 Å². The molecule has 1 heterocycles. The minimum Gasteiger partial charge on any atom is -0.368 e. The molecule has 0 saturated carbocycles. The van der Waals surface area contributed by atoms with Crippen LogP contribution >= 0.6 is 0 Å². The molecule has 1 atom stereocenters. The Labute approximate surface area is 104 Å². The molecule has 2 rings (SSSR count). The van der Waals surface area contributed by atoms with Gasteiger partial charge in [-0.2, -0.15) is 0 Å². The van der Waals surface area contributed by atoms with Crippen molar-refractivity contribution < 1.29 is 9.59 Å². The Balaban J connectivity index is 2.36. The number of fused-ring (bicyclic) bond motifs is 1. The van der Waals surface area contributed by atoms with Crippen LogP contribution in [0.3, 0.4) is 0 Å². The summed E-state index contributed by atoms with van der Waals surface area (Å²) in [5, 5.41) is 3.29. The number of pyridine rings is 1. The van der Waals surface area contributed by atoms with Crippen molar-refractivity contribution in [2.45, 2.75) is 13.0 Å². The lowest BCUT2D eigenvalue weighted by molar-refractivity contribution is -0.119. The largest absolute Gasteiger partial charge is 0.368 e. The van der Waals surface area contributed by atoms with Gasteiger partial charge in [0, 0.05) is 17.1 Å². The van der Waals surface area contributed by atoms with Gasteiger partial charge in [-0.1, -0.05) is 12.1 Å². The highest BCUT2D eigenvalue weighted by molar-refractivity contribution is 6.07. The van der Waals surface area contributed by atoms with Crippen LogP contribution in [0.15, 0.2) is 36.5 Å². The van der Waals surface area contributed by atoms with Crippen molar-refractivity contribution in [1.29, 1.82) is 0 Å². The molecule has 0 radical (unpaired) electrons. The maximum Gasteiger partial charge on any atom is 0.252 e. The van der Waals surface area contributed by atoms with Crippen LogP contribution in [0, 0.1) is 0 Å². The first-order valence-electron chi connectivity index (χ1n) is 5.53. The van der Waals surface area contributed by atoms with Crippen molar-refractivity contribution >= 4 is 22.7 Å². The molecule has 0 aliphatic rings. The van der Waals surface area contributed by atoms with Crippen molar-refractivity contribution in [3.63, 3.8) is 0 Å². The monoisotopic (exact) mass is 243 g/mol. The fourth-order valence-corrected chi connectivity index (χ4v) is 1.65.